The average Bonchev–Trinajstić information content (AvgIpc) is 3.81. The van der Waals surface area contributed by atoms with Gasteiger partial charge in [0.25, 0.3) is 0 Å². The van der Waals surface area contributed by atoms with E-state index in [0.717, 1.165) is 24.0 Å². The summed E-state index contributed by atoms with van der Waals surface area (Å²) in [6.07, 6.45) is 13.9. The zero-order chi connectivity index (χ0) is 35.8. The highest BCUT2D eigenvalue weighted by atomic mass is 32.2. The maximum atomic E-state index is 6.26. The molecule has 11 rings (SSSR count). The highest BCUT2D eigenvalue weighted by molar-refractivity contribution is 8.03. The van der Waals surface area contributed by atoms with Gasteiger partial charge in [-0.15, -0.1) is 0 Å². The fraction of sp³-hybridized carbons (Fsp3) is 0.0980. The number of allylic oxidation sites excluding steroid dienone is 5. The van der Waals surface area contributed by atoms with E-state index < -0.39 is 0 Å². The summed E-state index contributed by atoms with van der Waals surface area (Å²) >= 11 is 1.96. The van der Waals surface area contributed by atoms with Crippen LogP contribution in [0.5, 0.6) is 0 Å². The number of fused-ring (bicyclic) bond motifs is 9. The number of hydrogen-bond acceptors (Lipinski definition) is 3. The summed E-state index contributed by atoms with van der Waals surface area (Å²) in [6, 6.07) is 53.0. The Balaban J connectivity index is 1.00. The lowest BCUT2D eigenvalue weighted by Gasteiger charge is -2.44. The SMILES string of the molecule is CC1(N(C2=C3Sc4ccccc4C3CC=C2)c2ccc(-c3cccc4ccccc34)cc2)C=CC(c2ccc3ccc4oc5ccccc5c4c3c2)=CC1. The van der Waals surface area contributed by atoms with Gasteiger partial charge in [-0.3, -0.25) is 0 Å². The number of rotatable bonds is 5. The standard InChI is InChI=1S/C51H37NOS/c1-51(30-28-33(29-31-51)37-21-20-36-24-27-47-49(44(36)32-37)43-14-4-6-18-46(43)53-47)52(45-17-9-16-42-41-13-5-7-19-48(41)54-50(42)45)38-25-22-35(23-26-38)40-15-8-11-34-10-2-3-12-39(34)40/h2-15,17-30,32,42H,16,31H2,1H3. The van der Waals surface area contributed by atoms with Crippen molar-refractivity contribution >= 4 is 66.5 Å². The molecule has 2 heterocycles. The van der Waals surface area contributed by atoms with Crippen molar-refractivity contribution < 1.29 is 4.42 Å². The van der Waals surface area contributed by atoms with E-state index in [1.54, 1.807) is 0 Å². The van der Waals surface area contributed by atoms with Crippen LogP contribution in [0.25, 0.3) is 60.2 Å². The van der Waals surface area contributed by atoms with Gasteiger partial charge in [-0.1, -0.05) is 145 Å². The minimum Gasteiger partial charge on any atom is -0.456 e. The zero-order valence-corrected chi connectivity index (χ0v) is 30.8. The van der Waals surface area contributed by atoms with Crippen LogP contribution in [0, 0.1) is 0 Å². The molecule has 0 amide bonds. The van der Waals surface area contributed by atoms with Crippen molar-refractivity contribution in [2.24, 2.45) is 0 Å². The second-order valence-corrected chi connectivity index (χ2v) is 16.1. The first kappa shape index (κ1) is 31.5. The summed E-state index contributed by atoms with van der Waals surface area (Å²) in [5.41, 5.74) is 10.5. The molecular weight excluding hydrogens is 675 g/mol. The minimum absolute atomic E-state index is 0.292. The quantitative estimate of drug-likeness (QED) is 0.177. The number of para-hydroxylation sites is 1. The van der Waals surface area contributed by atoms with Gasteiger partial charge in [0.15, 0.2) is 0 Å². The molecule has 0 N–H and O–H groups in total. The smallest absolute Gasteiger partial charge is 0.136 e. The van der Waals surface area contributed by atoms with Crippen LogP contribution >= 0.6 is 11.8 Å². The van der Waals surface area contributed by atoms with Crippen molar-refractivity contribution in [3.63, 3.8) is 0 Å². The maximum Gasteiger partial charge on any atom is 0.136 e. The third-order valence-electron chi connectivity index (χ3n) is 11.8. The van der Waals surface area contributed by atoms with E-state index in [9.17, 15) is 0 Å². The van der Waals surface area contributed by atoms with Crippen LogP contribution in [-0.4, -0.2) is 5.54 Å². The van der Waals surface area contributed by atoms with Gasteiger partial charge in [-0.2, -0.15) is 0 Å². The predicted molar refractivity (Wildman–Crippen MR) is 229 cm³/mol. The Morgan fingerprint density at radius 1 is 0.667 bits per heavy atom. The Labute approximate surface area is 319 Å². The van der Waals surface area contributed by atoms with Gasteiger partial charge in [0.05, 0.1) is 11.2 Å². The Hall–Kier alpha value is -6.03. The van der Waals surface area contributed by atoms with E-state index in [1.807, 2.05) is 17.8 Å². The van der Waals surface area contributed by atoms with Crippen molar-refractivity contribution in [1.29, 1.82) is 0 Å². The molecule has 1 aromatic heterocycles. The summed E-state index contributed by atoms with van der Waals surface area (Å²) in [7, 11) is 0. The van der Waals surface area contributed by atoms with Crippen LogP contribution in [-0.2, 0) is 0 Å². The van der Waals surface area contributed by atoms with Crippen LogP contribution in [0.3, 0.4) is 0 Å². The highest BCUT2D eigenvalue weighted by Crippen LogP contribution is 2.55. The van der Waals surface area contributed by atoms with Gasteiger partial charge >= 0.3 is 0 Å². The molecule has 0 saturated carbocycles. The molecule has 3 heteroatoms. The first-order valence-corrected chi connectivity index (χ1v) is 19.7. The normalized spacial score (nSPS) is 19.1. The Kier molecular flexibility index (Phi) is 7.15. The Bertz CT molecular complexity index is 2940. The maximum absolute atomic E-state index is 6.26. The molecule has 1 aliphatic heterocycles. The number of anilines is 1. The lowest BCUT2D eigenvalue weighted by Crippen LogP contribution is -2.45. The summed E-state index contributed by atoms with van der Waals surface area (Å²) in [5.74, 6) is 0.388. The lowest BCUT2D eigenvalue weighted by atomic mass is 9.84. The number of thioether (sulfide) groups is 1. The van der Waals surface area contributed by atoms with Crippen LogP contribution in [0.4, 0.5) is 5.69 Å². The van der Waals surface area contributed by atoms with Crippen molar-refractivity contribution in [2.45, 2.75) is 36.1 Å². The summed E-state index contributed by atoms with van der Waals surface area (Å²) < 4.78 is 6.26. The lowest BCUT2D eigenvalue weighted by molar-refractivity contribution is 0.553. The topological polar surface area (TPSA) is 16.4 Å². The summed E-state index contributed by atoms with van der Waals surface area (Å²) in [6.45, 7) is 2.40. The van der Waals surface area contributed by atoms with Gasteiger partial charge in [0.2, 0.25) is 0 Å². The molecule has 0 saturated heterocycles. The van der Waals surface area contributed by atoms with Crippen molar-refractivity contribution in [1.82, 2.24) is 0 Å². The number of hydrogen-bond donors (Lipinski definition) is 0. The van der Waals surface area contributed by atoms with Crippen molar-refractivity contribution in [3.05, 3.63) is 198 Å². The third-order valence-corrected chi connectivity index (χ3v) is 13.1. The second-order valence-electron chi connectivity index (χ2n) is 15.0. The summed E-state index contributed by atoms with van der Waals surface area (Å²) in [5, 5.41) is 7.36. The minimum atomic E-state index is -0.292. The molecule has 2 nitrogen and oxygen atoms in total. The second kappa shape index (κ2) is 12.3. The number of benzene rings is 7. The van der Waals surface area contributed by atoms with Gasteiger partial charge < -0.3 is 9.32 Å². The molecule has 0 fully saturated rings. The van der Waals surface area contributed by atoms with Crippen molar-refractivity contribution in [2.75, 3.05) is 4.90 Å². The third kappa shape index (κ3) is 4.96. The predicted octanol–water partition coefficient (Wildman–Crippen LogP) is 14.2. The molecule has 3 aliphatic rings. The Morgan fingerprint density at radius 3 is 2.31 bits per heavy atom. The molecule has 8 aromatic rings. The molecule has 54 heavy (non-hydrogen) atoms. The van der Waals surface area contributed by atoms with Gasteiger partial charge in [-0.05, 0) is 112 Å². The molecule has 0 bridgehead atoms. The fourth-order valence-electron chi connectivity index (χ4n) is 9.04. The average molecular weight is 712 g/mol. The van der Waals surface area contributed by atoms with Crippen LogP contribution < -0.4 is 4.90 Å². The van der Waals surface area contributed by atoms with Crippen LogP contribution in [0.2, 0.25) is 0 Å². The molecule has 7 aromatic carbocycles. The van der Waals surface area contributed by atoms with E-state index in [2.05, 4.69) is 182 Å². The van der Waals surface area contributed by atoms with Crippen LogP contribution in [0.1, 0.15) is 36.8 Å². The number of furan rings is 1. The van der Waals surface area contributed by atoms with Gasteiger partial charge in [-0.25, -0.2) is 0 Å². The van der Waals surface area contributed by atoms with E-state index in [0.29, 0.717) is 5.92 Å². The molecule has 0 spiro atoms. The number of nitrogens with zero attached hydrogens (tertiary/aromatic N) is 1. The van der Waals surface area contributed by atoms with E-state index in [-0.39, 0.29) is 5.54 Å². The first-order chi connectivity index (χ1) is 26.6. The molecule has 0 radical (unpaired) electrons. The zero-order valence-electron chi connectivity index (χ0n) is 30.0. The monoisotopic (exact) mass is 711 g/mol. The van der Waals surface area contributed by atoms with E-state index >= 15 is 0 Å². The molecular formula is C51H37NOS. The first-order valence-electron chi connectivity index (χ1n) is 18.9. The van der Waals surface area contributed by atoms with Gasteiger partial charge in [0.1, 0.15) is 11.2 Å². The molecule has 2 aliphatic carbocycles. The summed E-state index contributed by atoms with van der Waals surface area (Å²) in [4.78, 5) is 5.45. The Morgan fingerprint density at radius 2 is 1.43 bits per heavy atom. The highest BCUT2D eigenvalue weighted by Gasteiger charge is 2.39. The fourth-order valence-corrected chi connectivity index (χ4v) is 10.4. The molecule has 258 valence electrons. The van der Waals surface area contributed by atoms with E-state index in [1.165, 1.54) is 81.3 Å². The van der Waals surface area contributed by atoms with Crippen LogP contribution in [0.15, 0.2) is 196 Å². The molecule has 2 atom stereocenters. The van der Waals surface area contributed by atoms with Crippen molar-refractivity contribution in [3.8, 4) is 11.1 Å². The largest absolute Gasteiger partial charge is 0.456 e. The molecule has 2 unspecified atom stereocenters. The van der Waals surface area contributed by atoms with Gasteiger partial charge in [0, 0.05) is 32.2 Å². The van der Waals surface area contributed by atoms with E-state index in [4.69, 9.17) is 4.42 Å².